The Balaban J connectivity index is 2.03. The van der Waals surface area contributed by atoms with Crippen LogP contribution in [-0.4, -0.2) is 21.2 Å². The van der Waals surface area contributed by atoms with E-state index in [2.05, 4.69) is 16.5 Å². The van der Waals surface area contributed by atoms with E-state index in [9.17, 15) is 9.50 Å². The van der Waals surface area contributed by atoms with Gasteiger partial charge in [0.05, 0.1) is 6.10 Å². The summed E-state index contributed by atoms with van der Waals surface area (Å²) >= 11 is 0. The average molecular weight is 326 g/mol. The molecule has 0 aliphatic rings. The summed E-state index contributed by atoms with van der Waals surface area (Å²) in [4.78, 5) is 8.55. The van der Waals surface area contributed by atoms with Gasteiger partial charge in [-0.15, -0.1) is 6.58 Å². The van der Waals surface area contributed by atoms with Gasteiger partial charge in [0, 0.05) is 23.5 Å². The Hall–Kier alpha value is -2.33. The maximum absolute atomic E-state index is 14.2. The Kier molecular flexibility index (Phi) is 6.82. The smallest absolute Gasteiger partial charge is 0.159 e. The number of unbranched alkanes of at least 4 members (excludes halogenated alkanes) is 1. The largest absolute Gasteiger partial charge is 0.393 e. The summed E-state index contributed by atoms with van der Waals surface area (Å²) in [6, 6.07) is 5.01. The van der Waals surface area contributed by atoms with Crippen molar-refractivity contribution in [1.29, 1.82) is 0 Å². The summed E-state index contributed by atoms with van der Waals surface area (Å²) in [6.07, 6.45) is 11.9. The Bertz CT molecular complexity index is 693. The predicted octanol–water partition coefficient (Wildman–Crippen LogP) is 4.58. The highest BCUT2D eigenvalue weighted by Gasteiger charge is 2.05. The number of hydrogen-bond donors (Lipinski definition) is 1. The van der Waals surface area contributed by atoms with Gasteiger partial charge in [-0.1, -0.05) is 30.4 Å². The number of nitrogens with zero attached hydrogens (tertiary/aromatic N) is 2. The maximum atomic E-state index is 14.2. The van der Waals surface area contributed by atoms with E-state index < -0.39 is 0 Å². The van der Waals surface area contributed by atoms with Crippen molar-refractivity contribution in [3.8, 4) is 11.4 Å². The van der Waals surface area contributed by atoms with E-state index >= 15 is 0 Å². The SMILES string of the molecule is C=CCc1cnc(-c2ccc(C=CCCCC(C)O)c(F)c2)nc1. The zero-order chi connectivity index (χ0) is 17.4. The zero-order valence-electron chi connectivity index (χ0n) is 14.0. The number of aliphatic hydroxyl groups is 1. The van der Waals surface area contributed by atoms with Crippen LogP contribution in [0.5, 0.6) is 0 Å². The third-order valence-electron chi connectivity index (χ3n) is 3.63. The van der Waals surface area contributed by atoms with Gasteiger partial charge >= 0.3 is 0 Å². The molecule has 0 amide bonds. The molecule has 0 aliphatic heterocycles. The fourth-order valence-electron chi connectivity index (χ4n) is 2.32. The number of allylic oxidation sites excluding steroid dienone is 2. The van der Waals surface area contributed by atoms with Crippen LogP contribution in [0.2, 0.25) is 0 Å². The Morgan fingerprint density at radius 3 is 2.67 bits per heavy atom. The lowest BCUT2D eigenvalue weighted by Crippen LogP contribution is -1.97. The van der Waals surface area contributed by atoms with Gasteiger partial charge in [0.1, 0.15) is 5.82 Å². The third kappa shape index (κ3) is 5.39. The second-order valence-electron chi connectivity index (χ2n) is 5.83. The van der Waals surface area contributed by atoms with Crippen molar-refractivity contribution in [2.75, 3.05) is 0 Å². The van der Waals surface area contributed by atoms with Crippen LogP contribution in [0, 0.1) is 5.82 Å². The monoisotopic (exact) mass is 326 g/mol. The summed E-state index contributed by atoms with van der Waals surface area (Å²) in [5.74, 6) is 0.215. The van der Waals surface area contributed by atoms with E-state index in [0.717, 1.165) is 24.8 Å². The molecule has 1 heterocycles. The van der Waals surface area contributed by atoms with Crippen LogP contribution in [0.15, 0.2) is 49.3 Å². The number of aromatic nitrogens is 2. The van der Waals surface area contributed by atoms with E-state index in [1.54, 1.807) is 37.5 Å². The molecule has 1 atom stereocenters. The summed E-state index contributed by atoms with van der Waals surface area (Å²) in [6.45, 7) is 5.45. The summed E-state index contributed by atoms with van der Waals surface area (Å²) in [7, 11) is 0. The molecule has 0 radical (unpaired) electrons. The summed E-state index contributed by atoms with van der Waals surface area (Å²) < 4.78 is 14.2. The fourth-order valence-corrected chi connectivity index (χ4v) is 2.32. The second-order valence-corrected chi connectivity index (χ2v) is 5.83. The molecule has 2 rings (SSSR count). The lowest BCUT2D eigenvalue weighted by molar-refractivity contribution is 0.182. The molecule has 0 fully saturated rings. The first-order chi connectivity index (χ1) is 11.6. The second kappa shape index (κ2) is 9.08. The van der Waals surface area contributed by atoms with Crippen LogP contribution in [0.3, 0.4) is 0 Å². The topological polar surface area (TPSA) is 46.0 Å². The van der Waals surface area contributed by atoms with Crippen LogP contribution < -0.4 is 0 Å². The number of halogens is 1. The van der Waals surface area contributed by atoms with Crippen molar-refractivity contribution in [2.24, 2.45) is 0 Å². The average Bonchev–Trinajstić information content (AvgIpc) is 2.56. The molecule has 1 aromatic carbocycles. The maximum Gasteiger partial charge on any atom is 0.159 e. The Labute approximate surface area is 142 Å². The number of benzene rings is 1. The molecule has 0 saturated carbocycles. The van der Waals surface area contributed by atoms with Gasteiger partial charge in [0.25, 0.3) is 0 Å². The van der Waals surface area contributed by atoms with Gasteiger partial charge in [-0.2, -0.15) is 0 Å². The molecule has 0 bridgehead atoms. The Morgan fingerprint density at radius 2 is 2.04 bits per heavy atom. The molecule has 1 N–H and O–H groups in total. The standard InChI is InChI=1S/C20H23FN2O/c1-3-7-16-13-22-20(23-14-16)18-11-10-17(19(21)12-18)9-6-4-5-8-15(2)24/h3,6,9-15,24H,1,4-5,7-8H2,2H3. The highest BCUT2D eigenvalue weighted by molar-refractivity contribution is 5.60. The van der Waals surface area contributed by atoms with Gasteiger partial charge in [0.15, 0.2) is 5.82 Å². The minimum Gasteiger partial charge on any atom is -0.393 e. The summed E-state index contributed by atoms with van der Waals surface area (Å²) in [5.41, 5.74) is 2.17. The third-order valence-corrected chi connectivity index (χ3v) is 3.63. The first kappa shape index (κ1) is 18.0. The van der Waals surface area contributed by atoms with Gasteiger partial charge in [-0.3, -0.25) is 0 Å². The van der Waals surface area contributed by atoms with Crippen molar-refractivity contribution >= 4 is 6.08 Å². The van der Waals surface area contributed by atoms with E-state index in [1.165, 1.54) is 6.07 Å². The predicted molar refractivity (Wildman–Crippen MR) is 95.9 cm³/mol. The first-order valence-electron chi connectivity index (χ1n) is 8.16. The number of rotatable bonds is 8. The normalized spacial score (nSPS) is 12.5. The molecular formula is C20H23FN2O. The van der Waals surface area contributed by atoms with E-state index in [4.69, 9.17) is 0 Å². The molecular weight excluding hydrogens is 303 g/mol. The first-order valence-corrected chi connectivity index (χ1v) is 8.16. The molecule has 1 aromatic heterocycles. The molecule has 0 saturated heterocycles. The lowest BCUT2D eigenvalue weighted by atomic mass is 10.1. The minimum atomic E-state index is -0.293. The number of aliphatic hydroxyl groups excluding tert-OH is 1. The molecule has 126 valence electrons. The van der Waals surface area contributed by atoms with Gasteiger partial charge in [0.2, 0.25) is 0 Å². The highest BCUT2D eigenvalue weighted by atomic mass is 19.1. The molecule has 3 nitrogen and oxygen atoms in total. The highest BCUT2D eigenvalue weighted by Crippen LogP contribution is 2.20. The molecule has 2 aromatic rings. The van der Waals surface area contributed by atoms with E-state index in [0.29, 0.717) is 23.4 Å². The minimum absolute atomic E-state index is 0.285. The molecule has 4 heteroatoms. The van der Waals surface area contributed by atoms with E-state index in [1.807, 2.05) is 12.1 Å². The van der Waals surface area contributed by atoms with Crippen molar-refractivity contribution in [3.05, 3.63) is 66.3 Å². The van der Waals surface area contributed by atoms with Crippen LogP contribution in [-0.2, 0) is 6.42 Å². The van der Waals surface area contributed by atoms with Gasteiger partial charge in [-0.05, 0) is 44.2 Å². The lowest BCUT2D eigenvalue weighted by Gasteiger charge is -2.04. The van der Waals surface area contributed by atoms with Gasteiger partial charge < -0.3 is 5.11 Å². The van der Waals surface area contributed by atoms with Gasteiger partial charge in [-0.25, -0.2) is 14.4 Å². The van der Waals surface area contributed by atoms with Crippen molar-refractivity contribution in [3.63, 3.8) is 0 Å². The molecule has 0 spiro atoms. The molecule has 1 unspecified atom stereocenters. The van der Waals surface area contributed by atoms with E-state index in [-0.39, 0.29) is 11.9 Å². The van der Waals surface area contributed by atoms with Crippen LogP contribution in [0.1, 0.15) is 37.3 Å². The fraction of sp³-hybridized carbons (Fsp3) is 0.300. The van der Waals surface area contributed by atoms with Crippen molar-refractivity contribution in [2.45, 2.75) is 38.7 Å². The van der Waals surface area contributed by atoms with Crippen molar-refractivity contribution in [1.82, 2.24) is 9.97 Å². The van der Waals surface area contributed by atoms with Crippen LogP contribution in [0.4, 0.5) is 4.39 Å². The Morgan fingerprint density at radius 1 is 1.29 bits per heavy atom. The number of hydrogen-bond acceptors (Lipinski definition) is 3. The quantitative estimate of drug-likeness (QED) is 0.571. The van der Waals surface area contributed by atoms with Crippen LogP contribution >= 0.6 is 0 Å². The van der Waals surface area contributed by atoms with Crippen LogP contribution in [0.25, 0.3) is 17.5 Å². The summed E-state index contributed by atoms with van der Waals surface area (Å²) in [5, 5.41) is 9.20. The zero-order valence-corrected chi connectivity index (χ0v) is 14.0. The van der Waals surface area contributed by atoms with Crippen molar-refractivity contribution < 1.29 is 9.50 Å². The molecule has 0 aliphatic carbocycles. The molecule has 24 heavy (non-hydrogen) atoms.